The largest absolute Gasteiger partial charge is 0.469 e. The monoisotopic (exact) mass is 266 g/mol. The average molecular weight is 266 g/mol. The maximum Gasteiger partial charge on any atom is 0.305 e. The van der Waals surface area contributed by atoms with E-state index in [1.54, 1.807) is 0 Å². The molecular formula is C17H30O2. The van der Waals surface area contributed by atoms with E-state index >= 15 is 0 Å². The molecule has 0 aromatic carbocycles. The van der Waals surface area contributed by atoms with Gasteiger partial charge in [0.1, 0.15) is 0 Å². The molecule has 2 nitrogen and oxygen atoms in total. The van der Waals surface area contributed by atoms with Crippen molar-refractivity contribution in [1.82, 2.24) is 0 Å². The van der Waals surface area contributed by atoms with Crippen molar-refractivity contribution in [2.45, 2.75) is 84.0 Å². The lowest BCUT2D eigenvalue weighted by molar-refractivity contribution is -0.140. The van der Waals surface area contributed by atoms with E-state index in [1.165, 1.54) is 45.6 Å². The van der Waals surface area contributed by atoms with E-state index in [0.29, 0.717) is 6.42 Å². The molecule has 0 radical (unpaired) electrons. The van der Waals surface area contributed by atoms with Gasteiger partial charge in [-0.1, -0.05) is 45.4 Å². The van der Waals surface area contributed by atoms with Crippen LogP contribution in [0, 0.1) is 11.8 Å². The predicted octanol–water partition coefficient (Wildman–Crippen LogP) is 4.86. The Morgan fingerprint density at radius 1 is 0.842 bits per heavy atom. The SMILES string of the molecule is CCCCCCCCC#CCCCCCC(=O)OC. The zero-order chi connectivity index (χ0) is 14.2. The van der Waals surface area contributed by atoms with Crippen LogP contribution in [0.25, 0.3) is 0 Å². The molecule has 0 spiro atoms. The van der Waals surface area contributed by atoms with Crippen LogP contribution in [-0.4, -0.2) is 13.1 Å². The Bertz CT molecular complexity index is 260. The van der Waals surface area contributed by atoms with Gasteiger partial charge in [-0.3, -0.25) is 4.79 Å². The number of methoxy groups -OCH3 is 1. The third-order valence-electron chi connectivity index (χ3n) is 3.19. The number of carbonyl (C=O) groups excluding carboxylic acids is 1. The number of rotatable bonds is 11. The highest BCUT2D eigenvalue weighted by Crippen LogP contribution is 2.06. The van der Waals surface area contributed by atoms with Crippen LogP contribution < -0.4 is 0 Å². The summed E-state index contributed by atoms with van der Waals surface area (Å²) in [6.07, 6.45) is 13.7. The highest BCUT2D eigenvalue weighted by molar-refractivity contribution is 5.68. The molecule has 0 N–H and O–H groups in total. The Morgan fingerprint density at radius 2 is 1.37 bits per heavy atom. The Balaban J connectivity index is 3.16. The van der Waals surface area contributed by atoms with Gasteiger partial charge in [-0.15, -0.1) is 11.8 Å². The number of ether oxygens (including phenoxy) is 1. The number of esters is 1. The highest BCUT2D eigenvalue weighted by atomic mass is 16.5. The second-order valence-corrected chi connectivity index (χ2v) is 5.01. The maximum atomic E-state index is 10.9. The van der Waals surface area contributed by atoms with Crippen molar-refractivity contribution in [1.29, 1.82) is 0 Å². The second kappa shape index (κ2) is 15.1. The van der Waals surface area contributed by atoms with Crippen LogP contribution in [0.5, 0.6) is 0 Å². The van der Waals surface area contributed by atoms with Gasteiger partial charge in [0.2, 0.25) is 0 Å². The Kier molecular flexibility index (Phi) is 14.3. The molecule has 19 heavy (non-hydrogen) atoms. The Morgan fingerprint density at radius 3 is 1.95 bits per heavy atom. The lowest BCUT2D eigenvalue weighted by Crippen LogP contribution is -1.98. The van der Waals surface area contributed by atoms with Crippen LogP contribution >= 0.6 is 0 Å². The van der Waals surface area contributed by atoms with E-state index in [-0.39, 0.29) is 5.97 Å². The first-order valence-electron chi connectivity index (χ1n) is 7.83. The standard InChI is InChI=1S/C17H30O2/c1-3-4-5-6-7-8-9-10-11-12-13-14-15-16-17(18)19-2/h3-9,12-16H2,1-2H3. The van der Waals surface area contributed by atoms with Crippen molar-refractivity contribution in [3.05, 3.63) is 0 Å². The average Bonchev–Trinajstić information content (AvgIpc) is 2.43. The molecule has 0 aliphatic rings. The summed E-state index contributed by atoms with van der Waals surface area (Å²) < 4.78 is 4.59. The number of hydrogen-bond donors (Lipinski definition) is 0. The van der Waals surface area contributed by atoms with Crippen molar-refractivity contribution in [2.75, 3.05) is 7.11 Å². The lowest BCUT2D eigenvalue weighted by atomic mass is 10.1. The van der Waals surface area contributed by atoms with Crippen molar-refractivity contribution in [3.63, 3.8) is 0 Å². The van der Waals surface area contributed by atoms with E-state index in [2.05, 4.69) is 23.5 Å². The van der Waals surface area contributed by atoms with Crippen LogP contribution in [-0.2, 0) is 9.53 Å². The minimum Gasteiger partial charge on any atom is -0.469 e. The summed E-state index contributed by atoms with van der Waals surface area (Å²) in [7, 11) is 1.44. The van der Waals surface area contributed by atoms with Crippen LogP contribution in [0.2, 0.25) is 0 Å². The summed E-state index contributed by atoms with van der Waals surface area (Å²) in [5.74, 6) is 6.37. The summed E-state index contributed by atoms with van der Waals surface area (Å²) in [6, 6.07) is 0. The molecule has 0 unspecified atom stereocenters. The van der Waals surface area contributed by atoms with Gasteiger partial charge in [0, 0.05) is 19.3 Å². The zero-order valence-corrected chi connectivity index (χ0v) is 12.8. The molecule has 110 valence electrons. The zero-order valence-electron chi connectivity index (χ0n) is 12.8. The summed E-state index contributed by atoms with van der Waals surface area (Å²) >= 11 is 0. The molecule has 0 saturated carbocycles. The number of carbonyl (C=O) groups is 1. The van der Waals surface area contributed by atoms with E-state index in [1.807, 2.05) is 0 Å². The molecule has 0 heterocycles. The minimum atomic E-state index is -0.103. The van der Waals surface area contributed by atoms with Gasteiger partial charge in [-0.2, -0.15) is 0 Å². The van der Waals surface area contributed by atoms with Crippen molar-refractivity contribution < 1.29 is 9.53 Å². The maximum absolute atomic E-state index is 10.9. The van der Waals surface area contributed by atoms with Crippen LogP contribution in [0.15, 0.2) is 0 Å². The molecule has 0 aromatic heterocycles. The predicted molar refractivity (Wildman–Crippen MR) is 80.9 cm³/mol. The van der Waals surface area contributed by atoms with Gasteiger partial charge in [0.25, 0.3) is 0 Å². The van der Waals surface area contributed by atoms with Gasteiger partial charge < -0.3 is 4.74 Å². The third-order valence-corrected chi connectivity index (χ3v) is 3.19. The summed E-state index contributed by atoms with van der Waals surface area (Å²) in [4.78, 5) is 10.9. The lowest BCUT2D eigenvalue weighted by Gasteiger charge is -1.97. The van der Waals surface area contributed by atoms with Gasteiger partial charge in [0.15, 0.2) is 0 Å². The molecule has 0 rings (SSSR count). The molecular weight excluding hydrogens is 236 g/mol. The molecule has 0 saturated heterocycles. The van der Waals surface area contributed by atoms with Gasteiger partial charge in [-0.25, -0.2) is 0 Å². The third kappa shape index (κ3) is 15.0. The van der Waals surface area contributed by atoms with Crippen molar-refractivity contribution in [3.8, 4) is 11.8 Å². The molecule has 0 bridgehead atoms. The second-order valence-electron chi connectivity index (χ2n) is 5.01. The summed E-state index contributed by atoms with van der Waals surface area (Å²) in [5, 5.41) is 0. The molecule has 0 amide bonds. The van der Waals surface area contributed by atoms with Gasteiger partial charge >= 0.3 is 5.97 Å². The minimum absolute atomic E-state index is 0.103. The topological polar surface area (TPSA) is 26.3 Å². The highest BCUT2D eigenvalue weighted by Gasteiger charge is 1.97. The molecule has 2 heteroatoms. The normalized spacial score (nSPS) is 9.79. The Labute approximate surface area is 119 Å². The molecule has 0 fully saturated rings. The van der Waals surface area contributed by atoms with Gasteiger partial charge in [0.05, 0.1) is 7.11 Å². The fourth-order valence-electron chi connectivity index (χ4n) is 1.93. The fourth-order valence-corrected chi connectivity index (χ4v) is 1.93. The fraction of sp³-hybridized carbons (Fsp3) is 0.824. The summed E-state index contributed by atoms with van der Waals surface area (Å²) in [6.45, 7) is 2.25. The summed E-state index contributed by atoms with van der Waals surface area (Å²) in [5.41, 5.74) is 0. The first kappa shape index (κ1) is 18.0. The molecule has 0 atom stereocenters. The first-order chi connectivity index (χ1) is 9.31. The smallest absolute Gasteiger partial charge is 0.305 e. The van der Waals surface area contributed by atoms with Crippen molar-refractivity contribution >= 4 is 5.97 Å². The van der Waals surface area contributed by atoms with E-state index in [0.717, 1.165) is 32.1 Å². The number of unbranched alkanes of at least 4 members (excludes halogenated alkanes) is 9. The van der Waals surface area contributed by atoms with Crippen LogP contribution in [0.1, 0.15) is 84.0 Å². The van der Waals surface area contributed by atoms with Crippen LogP contribution in [0.4, 0.5) is 0 Å². The Hall–Kier alpha value is -0.970. The molecule has 0 aliphatic carbocycles. The van der Waals surface area contributed by atoms with Crippen LogP contribution in [0.3, 0.4) is 0 Å². The van der Waals surface area contributed by atoms with E-state index in [9.17, 15) is 4.79 Å². The van der Waals surface area contributed by atoms with Crippen molar-refractivity contribution in [2.24, 2.45) is 0 Å². The van der Waals surface area contributed by atoms with E-state index < -0.39 is 0 Å². The molecule has 0 aromatic rings. The van der Waals surface area contributed by atoms with Gasteiger partial charge in [-0.05, 0) is 19.3 Å². The quantitative estimate of drug-likeness (QED) is 0.303. The van der Waals surface area contributed by atoms with E-state index in [4.69, 9.17) is 0 Å². The molecule has 0 aliphatic heterocycles. The first-order valence-corrected chi connectivity index (χ1v) is 7.83. The number of hydrogen-bond acceptors (Lipinski definition) is 2.